The molecule has 1 aliphatic heterocycles. The predicted molar refractivity (Wildman–Crippen MR) is 123 cm³/mol. The van der Waals surface area contributed by atoms with Crippen LogP contribution in [0.5, 0.6) is 0 Å². The van der Waals surface area contributed by atoms with E-state index in [0.717, 1.165) is 31.7 Å². The standard InChI is InChI=1S/C25H24Cl2N2O/c26-22-12-11-19(17-23(22)27)18-24(30)28-13-15-29(16-14-28)25(20-7-3-1-4-8-20)21-9-5-2-6-10-21/h1-12,17,25H,13-16,18H2. The maximum absolute atomic E-state index is 12.8. The number of hydrogen-bond donors (Lipinski definition) is 0. The van der Waals surface area contributed by atoms with Crippen LogP contribution in [0.15, 0.2) is 78.9 Å². The Kier molecular flexibility index (Phi) is 6.73. The predicted octanol–water partition coefficient (Wildman–Crippen LogP) is 5.47. The number of carbonyl (C=O) groups excluding carboxylic acids is 1. The summed E-state index contributed by atoms with van der Waals surface area (Å²) in [5.74, 6) is 0.129. The Bertz CT molecular complexity index is 947. The fraction of sp³-hybridized carbons (Fsp3) is 0.240. The summed E-state index contributed by atoms with van der Waals surface area (Å²) in [6.45, 7) is 3.11. The maximum atomic E-state index is 12.8. The fourth-order valence-corrected chi connectivity index (χ4v) is 4.37. The molecule has 0 spiro atoms. The molecule has 1 fully saturated rings. The van der Waals surface area contributed by atoms with Crippen molar-refractivity contribution in [3.05, 3.63) is 106 Å². The van der Waals surface area contributed by atoms with Crippen molar-refractivity contribution in [1.29, 1.82) is 0 Å². The van der Waals surface area contributed by atoms with E-state index in [1.165, 1.54) is 11.1 Å². The molecular formula is C25H24Cl2N2O. The fourth-order valence-electron chi connectivity index (χ4n) is 4.05. The van der Waals surface area contributed by atoms with Gasteiger partial charge in [-0.05, 0) is 28.8 Å². The maximum Gasteiger partial charge on any atom is 0.227 e. The normalized spacial score (nSPS) is 14.8. The van der Waals surface area contributed by atoms with E-state index in [1.54, 1.807) is 12.1 Å². The van der Waals surface area contributed by atoms with Crippen LogP contribution in [0.4, 0.5) is 0 Å². The Morgan fingerprint density at radius 1 is 0.767 bits per heavy atom. The zero-order chi connectivity index (χ0) is 20.9. The number of amides is 1. The summed E-state index contributed by atoms with van der Waals surface area (Å²) in [6, 6.07) is 26.7. The minimum atomic E-state index is 0.129. The Balaban J connectivity index is 1.44. The van der Waals surface area contributed by atoms with Crippen molar-refractivity contribution in [2.45, 2.75) is 12.5 Å². The Morgan fingerprint density at radius 2 is 1.33 bits per heavy atom. The monoisotopic (exact) mass is 438 g/mol. The van der Waals surface area contributed by atoms with Gasteiger partial charge in [0.1, 0.15) is 0 Å². The SMILES string of the molecule is O=C(Cc1ccc(Cl)c(Cl)c1)N1CCN(C(c2ccccc2)c2ccccc2)CC1. The number of hydrogen-bond acceptors (Lipinski definition) is 2. The molecule has 5 heteroatoms. The van der Waals surface area contributed by atoms with E-state index in [-0.39, 0.29) is 11.9 Å². The third kappa shape index (κ3) is 4.86. The summed E-state index contributed by atoms with van der Waals surface area (Å²) in [4.78, 5) is 17.2. The van der Waals surface area contributed by atoms with Gasteiger partial charge in [-0.2, -0.15) is 0 Å². The first-order chi connectivity index (χ1) is 14.6. The first-order valence-electron chi connectivity index (χ1n) is 10.2. The van der Waals surface area contributed by atoms with Crippen LogP contribution in [-0.2, 0) is 11.2 Å². The molecule has 1 saturated heterocycles. The number of halogens is 2. The van der Waals surface area contributed by atoms with Crippen LogP contribution in [0.3, 0.4) is 0 Å². The second-order valence-electron chi connectivity index (χ2n) is 7.57. The molecule has 1 aliphatic rings. The molecule has 3 aromatic rings. The molecule has 0 saturated carbocycles. The van der Waals surface area contributed by atoms with Crippen LogP contribution in [0, 0.1) is 0 Å². The number of piperazine rings is 1. The average molecular weight is 439 g/mol. The van der Waals surface area contributed by atoms with Crippen molar-refractivity contribution in [1.82, 2.24) is 9.80 Å². The van der Waals surface area contributed by atoms with Gasteiger partial charge < -0.3 is 4.90 Å². The minimum absolute atomic E-state index is 0.129. The highest BCUT2D eigenvalue weighted by atomic mass is 35.5. The quantitative estimate of drug-likeness (QED) is 0.527. The van der Waals surface area contributed by atoms with Gasteiger partial charge in [0.2, 0.25) is 5.91 Å². The molecule has 1 amide bonds. The largest absolute Gasteiger partial charge is 0.340 e. The van der Waals surface area contributed by atoms with E-state index in [1.807, 2.05) is 23.1 Å². The zero-order valence-electron chi connectivity index (χ0n) is 16.7. The molecule has 0 aromatic heterocycles. The minimum Gasteiger partial charge on any atom is -0.340 e. The lowest BCUT2D eigenvalue weighted by atomic mass is 9.96. The van der Waals surface area contributed by atoms with Gasteiger partial charge >= 0.3 is 0 Å². The molecule has 0 bridgehead atoms. The number of rotatable bonds is 5. The molecule has 154 valence electrons. The van der Waals surface area contributed by atoms with Gasteiger partial charge in [-0.25, -0.2) is 0 Å². The summed E-state index contributed by atoms with van der Waals surface area (Å²) in [6.07, 6.45) is 0.345. The van der Waals surface area contributed by atoms with Gasteiger partial charge in [-0.15, -0.1) is 0 Å². The van der Waals surface area contributed by atoms with Gasteiger partial charge in [0.25, 0.3) is 0 Å². The Labute approximate surface area is 187 Å². The summed E-state index contributed by atoms with van der Waals surface area (Å²) < 4.78 is 0. The smallest absolute Gasteiger partial charge is 0.227 e. The van der Waals surface area contributed by atoms with Crippen molar-refractivity contribution in [3.8, 4) is 0 Å². The van der Waals surface area contributed by atoms with E-state index in [4.69, 9.17) is 23.2 Å². The van der Waals surface area contributed by atoms with Crippen molar-refractivity contribution >= 4 is 29.1 Å². The number of carbonyl (C=O) groups is 1. The summed E-state index contributed by atoms with van der Waals surface area (Å²) in [7, 11) is 0. The van der Waals surface area contributed by atoms with Crippen molar-refractivity contribution < 1.29 is 4.79 Å². The molecule has 1 heterocycles. The third-order valence-electron chi connectivity index (χ3n) is 5.60. The molecular weight excluding hydrogens is 415 g/mol. The van der Waals surface area contributed by atoms with Crippen molar-refractivity contribution in [3.63, 3.8) is 0 Å². The first-order valence-corrected chi connectivity index (χ1v) is 10.9. The van der Waals surface area contributed by atoms with Gasteiger partial charge in [0, 0.05) is 26.2 Å². The van der Waals surface area contributed by atoms with Gasteiger partial charge in [-0.3, -0.25) is 9.69 Å². The highest BCUT2D eigenvalue weighted by Gasteiger charge is 2.28. The molecule has 4 rings (SSSR count). The Hall–Kier alpha value is -2.33. The lowest BCUT2D eigenvalue weighted by molar-refractivity contribution is -0.132. The van der Waals surface area contributed by atoms with E-state index in [9.17, 15) is 4.79 Å². The van der Waals surface area contributed by atoms with Gasteiger partial charge in [-0.1, -0.05) is 89.9 Å². The van der Waals surface area contributed by atoms with Crippen LogP contribution in [-0.4, -0.2) is 41.9 Å². The molecule has 0 radical (unpaired) electrons. The Morgan fingerprint density at radius 3 is 1.87 bits per heavy atom. The van der Waals surface area contributed by atoms with Crippen LogP contribution in [0.25, 0.3) is 0 Å². The summed E-state index contributed by atoms with van der Waals surface area (Å²) in [5.41, 5.74) is 3.45. The molecule has 0 aliphatic carbocycles. The first kappa shape index (κ1) is 20.9. The summed E-state index contributed by atoms with van der Waals surface area (Å²) >= 11 is 12.1. The molecule has 3 nitrogen and oxygen atoms in total. The van der Waals surface area contributed by atoms with Crippen LogP contribution in [0.1, 0.15) is 22.7 Å². The van der Waals surface area contributed by atoms with E-state index < -0.39 is 0 Å². The molecule has 30 heavy (non-hydrogen) atoms. The summed E-state index contributed by atoms with van der Waals surface area (Å²) in [5, 5.41) is 0.995. The van der Waals surface area contributed by atoms with Crippen molar-refractivity contribution in [2.75, 3.05) is 26.2 Å². The third-order valence-corrected chi connectivity index (χ3v) is 6.34. The second-order valence-corrected chi connectivity index (χ2v) is 8.38. The zero-order valence-corrected chi connectivity index (χ0v) is 18.2. The van der Waals surface area contributed by atoms with E-state index in [0.29, 0.717) is 16.5 Å². The highest BCUT2D eigenvalue weighted by Crippen LogP contribution is 2.29. The number of nitrogens with zero attached hydrogens (tertiary/aromatic N) is 2. The van der Waals surface area contributed by atoms with Crippen LogP contribution >= 0.6 is 23.2 Å². The van der Waals surface area contributed by atoms with Gasteiger partial charge in [0.05, 0.1) is 22.5 Å². The van der Waals surface area contributed by atoms with E-state index in [2.05, 4.69) is 53.4 Å². The molecule has 0 atom stereocenters. The second kappa shape index (κ2) is 9.65. The lowest BCUT2D eigenvalue weighted by Crippen LogP contribution is -2.50. The highest BCUT2D eigenvalue weighted by molar-refractivity contribution is 6.42. The molecule has 0 N–H and O–H groups in total. The number of benzene rings is 3. The van der Waals surface area contributed by atoms with Crippen LogP contribution < -0.4 is 0 Å². The van der Waals surface area contributed by atoms with Crippen LogP contribution in [0.2, 0.25) is 10.0 Å². The van der Waals surface area contributed by atoms with Gasteiger partial charge in [0.15, 0.2) is 0 Å². The van der Waals surface area contributed by atoms with Crippen molar-refractivity contribution in [2.24, 2.45) is 0 Å². The molecule has 0 unspecified atom stereocenters. The molecule has 3 aromatic carbocycles. The average Bonchev–Trinajstić information content (AvgIpc) is 2.78. The topological polar surface area (TPSA) is 23.6 Å². The lowest BCUT2D eigenvalue weighted by Gasteiger charge is -2.40. The van der Waals surface area contributed by atoms with E-state index >= 15 is 0 Å².